The molecule has 2 aromatic carbocycles. The standard InChI is InChI=1S/C27H25N5O2S/c1-27(2,3)20-9-6-18(7-10-20)14-29-32-23(17-35-26(32)30-21-5-4-12-28-15-21)19-8-11-24-22(13-19)31-25(33)16-34-24/h4-15,17H,16H2,1-3H3,(H,31,33). The van der Waals surface area contributed by atoms with Gasteiger partial charge in [0.15, 0.2) is 6.61 Å². The number of nitrogens with zero attached hydrogens (tertiary/aromatic N) is 4. The monoisotopic (exact) mass is 483 g/mol. The van der Waals surface area contributed by atoms with Gasteiger partial charge in [0.05, 0.1) is 29.5 Å². The number of benzene rings is 2. The number of ether oxygens (including phenoxy) is 1. The lowest BCUT2D eigenvalue weighted by molar-refractivity contribution is -0.118. The van der Waals surface area contributed by atoms with Crippen LogP contribution in [0.3, 0.4) is 0 Å². The fourth-order valence-electron chi connectivity index (χ4n) is 3.65. The second-order valence-electron chi connectivity index (χ2n) is 9.20. The number of hydrogen-bond acceptors (Lipinski definition) is 6. The Morgan fingerprint density at radius 1 is 1.14 bits per heavy atom. The summed E-state index contributed by atoms with van der Waals surface area (Å²) >= 11 is 1.48. The second-order valence-corrected chi connectivity index (χ2v) is 10.0. The molecule has 0 atom stereocenters. The van der Waals surface area contributed by atoms with Crippen LogP contribution in [0.5, 0.6) is 5.75 Å². The van der Waals surface area contributed by atoms with Gasteiger partial charge in [0, 0.05) is 17.1 Å². The van der Waals surface area contributed by atoms with Crippen molar-refractivity contribution in [2.45, 2.75) is 26.2 Å². The number of rotatable bonds is 4. The maximum absolute atomic E-state index is 11.8. The number of fused-ring (bicyclic) bond motifs is 1. The van der Waals surface area contributed by atoms with Gasteiger partial charge < -0.3 is 10.1 Å². The average Bonchev–Trinajstić information content (AvgIpc) is 3.24. The number of anilines is 1. The van der Waals surface area contributed by atoms with E-state index in [-0.39, 0.29) is 17.9 Å². The van der Waals surface area contributed by atoms with E-state index < -0.39 is 0 Å². The molecule has 176 valence electrons. The molecule has 0 saturated carbocycles. The van der Waals surface area contributed by atoms with Crippen molar-refractivity contribution < 1.29 is 9.53 Å². The van der Waals surface area contributed by atoms with Crippen molar-refractivity contribution >= 4 is 34.8 Å². The summed E-state index contributed by atoms with van der Waals surface area (Å²) in [6.45, 7) is 6.61. The third kappa shape index (κ3) is 5.07. The van der Waals surface area contributed by atoms with Gasteiger partial charge >= 0.3 is 0 Å². The van der Waals surface area contributed by atoms with Crippen molar-refractivity contribution in [3.05, 3.63) is 88.3 Å². The number of carbonyl (C=O) groups excluding carboxylic acids is 1. The van der Waals surface area contributed by atoms with Crippen molar-refractivity contribution in [2.75, 3.05) is 11.9 Å². The van der Waals surface area contributed by atoms with Crippen molar-refractivity contribution in [1.29, 1.82) is 0 Å². The van der Waals surface area contributed by atoms with Gasteiger partial charge in [-0.05, 0) is 46.9 Å². The molecule has 1 N–H and O–H groups in total. The predicted octanol–water partition coefficient (Wildman–Crippen LogP) is 5.35. The lowest BCUT2D eigenvalue weighted by Crippen LogP contribution is -2.25. The molecule has 35 heavy (non-hydrogen) atoms. The first-order valence-corrected chi connectivity index (χ1v) is 12.1. The molecule has 7 nitrogen and oxygen atoms in total. The van der Waals surface area contributed by atoms with E-state index in [1.54, 1.807) is 12.4 Å². The number of thiazole rings is 1. The van der Waals surface area contributed by atoms with E-state index in [2.05, 4.69) is 55.3 Å². The summed E-state index contributed by atoms with van der Waals surface area (Å²) in [5.74, 6) is 0.481. The van der Waals surface area contributed by atoms with Crippen molar-refractivity contribution in [2.24, 2.45) is 10.1 Å². The van der Waals surface area contributed by atoms with E-state index in [0.29, 0.717) is 16.2 Å². The van der Waals surface area contributed by atoms with Gasteiger partial charge in [-0.2, -0.15) is 5.10 Å². The number of nitrogens with one attached hydrogen (secondary N) is 1. The summed E-state index contributed by atoms with van der Waals surface area (Å²) in [5, 5.41) is 9.67. The third-order valence-corrected chi connectivity index (χ3v) is 6.38. The molecule has 5 rings (SSSR count). The van der Waals surface area contributed by atoms with Crippen LogP contribution in [0.2, 0.25) is 0 Å². The lowest BCUT2D eigenvalue weighted by atomic mass is 9.87. The normalized spacial score (nSPS) is 14.0. The number of amides is 1. The van der Waals surface area contributed by atoms with Gasteiger partial charge in [-0.1, -0.05) is 45.0 Å². The summed E-state index contributed by atoms with van der Waals surface area (Å²) in [6, 6.07) is 17.9. The van der Waals surface area contributed by atoms with Crippen molar-refractivity contribution in [3.8, 4) is 17.0 Å². The van der Waals surface area contributed by atoms with E-state index in [0.717, 1.165) is 22.5 Å². The SMILES string of the molecule is CC(C)(C)c1ccc(C=Nn2c(-c3ccc4c(c3)NC(=O)CO4)csc2=Nc2cccnc2)cc1. The van der Waals surface area contributed by atoms with E-state index in [1.807, 2.05) is 46.6 Å². The third-order valence-electron chi connectivity index (χ3n) is 5.56. The van der Waals surface area contributed by atoms with Gasteiger partial charge in [-0.15, -0.1) is 11.3 Å². The van der Waals surface area contributed by atoms with Crippen molar-refractivity contribution in [3.63, 3.8) is 0 Å². The molecule has 1 amide bonds. The zero-order valence-corrected chi connectivity index (χ0v) is 20.5. The Bertz CT molecular complexity index is 1460. The Morgan fingerprint density at radius 2 is 1.97 bits per heavy atom. The average molecular weight is 484 g/mol. The first-order valence-electron chi connectivity index (χ1n) is 11.2. The number of pyridine rings is 1. The molecule has 0 fully saturated rings. The highest BCUT2D eigenvalue weighted by Gasteiger charge is 2.18. The van der Waals surface area contributed by atoms with Crippen LogP contribution in [-0.4, -0.2) is 28.4 Å². The number of hydrogen-bond donors (Lipinski definition) is 1. The van der Waals surface area contributed by atoms with E-state index in [1.165, 1.54) is 16.9 Å². The molecule has 1 aliphatic rings. The highest BCUT2D eigenvalue weighted by Crippen LogP contribution is 2.33. The molecule has 4 aromatic rings. The number of carbonyl (C=O) groups is 1. The summed E-state index contributed by atoms with van der Waals surface area (Å²) in [7, 11) is 0. The highest BCUT2D eigenvalue weighted by atomic mass is 32.1. The van der Waals surface area contributed by atoms with Crippen LogP contribution in [-0.2, 0) is 10.2 Å². The van der Waals surface area contributed by atoms with Crippen LogP contribution in [0, 0.1) is 0 Å². The zero-order valence-electron chi connectivity index (χ0n) is 19.7. The quantitative estimate of drug-likeness (QED) is 0.397. The Morgan fingerprint density at radius 3 is 2.71 bits per heavy atom. The minimum atomic E-state index is -0.170. The molecule has 8 heteroatoms. The summed E-state index contributed by atoms with van der Waals surface area (Å²) in [5.41, 5.74) is 5.47. The molecule has 1 aliphatic heterocycles. The van der Waals surface area contributed by atoms with Crippen molar-refractivity contribution in [1.82, 2.24) is 9.66 Å². The van der Waals surface area contributed by atoms with Gasteiger partial charge in [-0.25, -0.2) is 9.67 Å². The van der Waals surface area contributed by atoms with Crippen LogP contribution >= 0.6 is 11.3 Å². The van der Waals surface area contributed by atoms with E-state index in [4.69, 9.17) is 14.8 Å². The van der Waals surface area contributed by atoms with Gasteiger partial charge in [0.2, 0.25) is 4.80 Å². The Balaban J connectivity index is 1.57. The molecule has 3 heterocycles. The topological polar surface area (TPSA) is 80.9 Å². The fraction of sp³-hybridized carbons (Fsp3) is 0.185. The van der Waals surface area contributed by atoms with Crippen LogP contribution in [0.1, 0.15) is 31.9 Å². The first kappa shape index (κ1) is 22.7. The van der Waals surface area contributed by atoms with E-state index in [9.17, 15) is 4.79 Å². The maximum Gasteiger partial charge on any atom is 0.262 e. The van der Waals surface area contributed by atoms with Gasteiger partial charge in [-0.3, -0.25) is 9.78 Å². The maximum atomic E-state index is 11.8. The van der Waals surface area contributed by atoms with Crippen LogP contribution in [0.25, 0.3) is 11.3 Å². The second kappa shape index (κ2) is 9.31. The molecule has 0 saturated heterocycles. The Hall–Kier alpha value is -4.04. The molecule has 0 aliphatic carbocycles. The molecule has 0 spiro atoms. The Labute approximate surface area is 207 Å². The molecule has 0 radical (unpaired) electrons. The van der Waals surface area contributed by atoms with Gasteiger partial charge in [0.1, 0.15) is 5.75 Å². The minimum Gasteiger partial charge on any atom is -0.482 e. The van der Waals surface area contributed by atoms with Crippen LogP contribution in [0.15, 0.2) is 82.5 Å². The summed E-state index contributed by atoms with van der Waals surface area (Å²) in [6.07, 6.45) is 5.26. The molecule has 2 aromatic heterocycles. The highest BCUT2D eigenvalue weighted by molar-refractivity contribution is 7.07. The molecule has 0 unspecified atom stereocenters. The Kier molecular flexibility index (Phi) is 6.05. The van der Waals surface area contributed by atoms with Crippen LogP contribution < -0.4 is 14.9 Å². The fourth-order valence-corrected chi connectivity index (χ4v) is 4.51. The molecule has 0 bridgehead atoms. The van der Waals surface area contributed by atoms with Crippen LogP contribution in [0.4, 0.5) is 11.4 Å². The lowest BCUT2D eigenvalue weighted by Gasteiger charge is -2.18. The van der Waals surface area contributed by atoms with E-state index >= 15 is 0 Å². The summed E-state index contributed by atoms with van der Waals surface area (Å²) < 4.78 is 7.32. The van der Waals surface area contributed by atoms with Gasteiger partial charge in [0.25, 0.3) is 5.91 Å². The molecular weight excluding hydrogens is 458 g/mol. The predicted molar refractivity (Wildman–Crippen MR) is 139 cm³/mol. The minimum absolute atomic E-state index is 0.0250. The number of aromatic nitrogens is 2. The first-order chi connectivity index (χ1) is 16.9. The summed E-state index contributed by atoms with van der Waals surface area (Å²) in [4.78, 5) is 21.4. The largest absolute Gasteiger partial charge is 0.482 e. The zero-order chi connectivity index (χ0) is 24.4. The smallest absolute Gasteiger partial charge is 0.262 e. The molecular formula is C27H25N5O2S.